The molecule has 3 N–H and O–H groups in total. The fraction of sp³-hybridized carbons (Fsp3) is 0.318. The molecule has 0 radical (unpaired) electrons. The van der Waals surface area contributed by atoms with Crippen LogP contribution in [0.4, 0.5) is 14.5 Å². The third-order valence-corrected chi connectivity index (χ3v) is 5.19. The molecule has 32 heavy (non-hydrogen) atoms. The average molecular weight is 447 g/mol. The summed E-state index contributed by atoms with van der Waals surface area (Å²) in [6, 6.07) is 3.99. The summed E-state index contributed by atoms with van der Waals surface area (Å²) in [7, 11) is 1.36. The van der Waals surface area contributed by atoms with Gasteiger partial charge in [-0.15, -0.1) is 0 Å². The molecular formula is C22H23F2N3O5. The molecule has 8 nitrogen and oxygen atoms in total. The molecule has 0 unspecified atom stereocenters. The number of halogens is 2. The first-order valence-electron chi connectivity index (χ1n) is 9.83. The number of aromatic carboxylic acids is 1. The van der Waals surface area contributed by atoms with Crippen LogP contribution >= 0.6 is 0 Å². The van der Waals surface area contributed by atoms with Crippen molar-refractivity contribution in [3.05, 3.63) is 63.4 Å². The second-order valence-electron chi connectivity index (χ2n) is 7.58. The van der Waals surface area contributed by atoms with Gasteiger partial charge in [-0.25, -0.2) is 13.6 Å². The van der Waals surface area contributed by atoms with Crippen LogP contribution in [0.1, 0.15) is 35.8 Å². The minimum absolute atomic E-state index is 0.00752. The number of ether oxygens (including phenoxy) is 1. The standard InChI is InChI=1S/C22H23F2N3O5/c1-11(2)18(10-28)27-9-15(22(30)31)19(29)14-7-17(21(32-3)26-20(14)27)25-8-12-4-5-13(23)6-16(12)24/h4-7,9,11,18,25,28H,8,10H2,1-3H3,(H,30,31)/t18-/m1/s1. The third kappa shape index (κ3) is 4.40. The van der Waals surface area contributed by atoms with E-state index in [-0.39, 0.29) is 47.2 Å². The molecule has 0 fully saturated rings. The summed E-state index contributed by atoms with van der Waals surface area (Å²) in [4.78, 5) is 28.9. The number of hydrogen-bond acceptors (Lipinski definition) is 6. The molecule has 1 atom stereocenters. The topological polar surface area (TPSA) is 114 Å². The molecule has 1 aromatic carbocycles. The van der Waals surface area contributed by atoms with Crippen molar-refractivity contribution < 1.29 is 28.5 Å². The molecule has 0 saturated heterocycles. The Bertz CT molecular complexity index is 1230. The minimum atomic E-state index is -1.41. The monoisotopic (exact) mass is 447 g/mol. The minimum Gasteiger partial charge on any atom is -0.479 e. The summed E-state index contributed by atoms with van der Waals surface area (Å²) in [5, 5.41) is 22.3. The zero-order valence-corrected chi connectivity index (χ0v) is 17.7. The molecule has 2 heterocycles. The number of rotatable bonds is 8. The van der Waals surface area contributed by atoms with Crippen LogP contribution in [0.3, 0.4) is 0 Å². The van der Waals surface area contributed by atoms with Gasteiger partial charge in [0.25, 0.3) is 0 Å². The fourth-order valence-electron chi connectivity index (χ4n) is 3.42. The number of pyridine rings is 2. The number of carboxylic acid groups (broad SMARTS) is 1. The molecular weight excluding hydrogens is 424 g/mol. The Morgan fingerprint density at radius 3 is 2.56 bits per heavy atom. The second kappa shape index (κ2) is 9.31. The number of benzene rings is 1. The maximum Gasteiger partial charge on any atom is 0.341 e. The summed E-state index contributed by atoms with van der Waals surface area (Å²) in [6.07, 6.45) is 1.17. The molecule has 0 aliphatic rings. The van der Waals surface area contributed by atoms with E-state index >= 15 is 0 Å². The van der Waals surface area contributed by atoms with E-state index in [4.69, 9.17) is 4.74 Å². The third-order valence-electron chi connectivity index (χ3n) is 5.19. The first-order valence-corrected chi connectivity index (χ1v) is 9.83. The van der Waals surface area contributed by atoms with Gasteiger partial charge in [-0.2, -0.15) is 4.98 Å². The number of aliphatic hydroxyl groups is 1. The SMILES string of the molecule is COc1nc2c(cc1NCc1ccc(F)cc1F)c(=O)c(C(=O)O)cn2[C@H](CO)C(C)C. The number of nitrogens with zero attached hydrogens (tertiary/aromatic N) is 2. The highest BCUT2D eigenvalue weighted by atomic mass is 19.1. The molecule has 2 aromatic heterocycles. The van der Waals surface area contributed by atoms with Gasteiger partial charge in [-0.05, 0) is 18.1 Å². The van der Waals surface area contributed by atoms with Crippen LogP contribution in [-0.4, -0.2) is 39.5 Å². The van der Waals surface area contributed by atoms with Crippen LogP contribution in [-0.2, 0) is 6.54 Å². The van der Waals surface area contributed by atoms with Crippen molar-refractivity contribution in [3.8, 4) is 5.88 Å². The normalized spacial score (nSPS) is 12.2. The van der Waals surface area contributed by atoms with Crippen molar-refractivity contribution in [2.45, 2.75) is 26.4 Å². The number of carboxylic acids is 1. The van der Waals surface area contributed by atoms with E-state index in [2.05, 4.69) is 10.3 Å². The molecule has 0 saturated carbocycles. The fourth-order valence-corrected chi connectivity index (χ4v) is 3.42. The quantitative estimate of drug-likeness (QED) is 0.486. The van der Waals surface area contributed by atoms with Gasteiger partial charge < -0.3 is 24.8 Å². The molecule has 0 spiro atoms. The molecule has 3 rings (SSSR count). The van der Waals surface area contributed by atoms with Gasteiger partial charge in [0.05, 0.1) is 30.8 Å². The van der Waals surface area contributed by atoms with Crippen molar-refractivity contribution in [2.24, 2.45) is 5.92 Å². The van der Waals surface area contributed by atoms with E-state index in [1.165, 1.54) is 30.0 Å². The number of carbonyl (C=O) groups is 1. The lowest BCUT2D eigenvalue weighted by Gasteiger charge is -2.24. The summed E-state index contributed by atoms with van der Waals surface area (Å²) in [5.41, 5.74) is -0.692. The smallest absolute Gasteiger partial charge is 0.341 e. The van der Waals surface area contributed by atoms with Gasteiger partial charge in [0.1, 0.15) is 22.8 Å². The van der Waals surface area contributed by atoms with Crippen molar-refractivity contribution in [1.82, 2.24) is 9.55 Å². The van der Waals surface area contributed by atoms with Crippen molar-refractivity contribution >= 4 is 22.7 Å². The summed E-state index contributed by atoms with van der Waals surface area (Å²) < 4.78 is 33.9. The number of hydrogen-bond donors (Lipinski definition) is 3. The molecule has 0 aliphatic carbocycles. The zero-order valence-electron chi connectivity index (χ0n) is 17.7. The molecule has 0 aliphatic heterocycles. The van der Waals surface area contributed by atoms with Crippen molar-refractivity contribution in [3.63, 3.8) is 0 Å². The van der Waals surface area contributed by atoms with Crippen LogP contribution in [0, 0.1) is 17.6 Å². The van der Waals surface area contributed by atoms with E-state index in [0.29, 0.717) is 0 Å². The predicted molar refractivity (Wildman–Crippen MR) is 114 cm³/mol. The molecule has 10 heteroatoms. The molecule has 0 bridgehead atoms. The van der Waals surface area contributed by atoms with E-state index in [9.17, 15) is 28.6 Å². The maximum atomic E-state index is 14.0. The zero-order chi connectivity index (χ0) is 23.6. The van der Waals surface area contributed by atoms with Gasteiger partial charge in [-0.1, -0.05) is 19.9 Å². The van der Waals surface area contributed by atoms with Gasteiger partial charge in [-0.3, -0.25) is 4.79 Å². The number of nitrogens with one attached hydrogen (secondary N) is 1. The van der Waals surface area contributed by atoms with Crippen LogP contribution in [0.25, 0.3) is 11.0 Å². The first kappa shape index (κ1) is 23.1. The highest BCUT2D eigenvalue weighted by Crippen LogP contribution is 2.29. The van der Waals surface area contributed by atoms with Crippen LogP contribution < -0.4 is 15.5 Å². The number of fused-ring (bicyclic) bond motifs is 1. The lowest BCUT2D eigenvalue weighted by molar-refractivity contribution is 0.0694. The lowest BCUT2D eigenvalue weighted by Crippen LogP contribution is -2.26. The summed E-state index contributed by atoms with van der Waals surface area (Å²) in [5.74, 6) is -2.88. The lowest BCUT2D eigenvalue weighted by atomic mass is 10.0. The van der Waals surface area contributed by atoms with E-state index < -0.39 is 34.6 Å². The van der Waals surface area contributed by atoms with Crippen molar-refractivity contribution in [2.75, 3.05) is 19.0 Å². The average Bonchev–Trinajstić information content (AvgIpc) is 2.74. The van der Waals surface area contributed by atoms with Crippen LogP contribution in [0.2, 0.25) is 0 Å². The van der Waals surface area contributed by atoms with Gasteiger partial charge in [0.15, 0.2) is 0 Å². The Morgan fingerprint density at radius 1 is 1.28 bits per heavy atom. The Hall–Kier alpha value is -3.53. The Kier molecular flexibility index (Phi) is 6.73. The van der Waals surface area contributed by atoms with E-state index in [1.54, 1.807) is 0 Å². The van der Waals surface area contributed by atoms with Crippen LogP contribution in [0.5, 0.6) is 5.88 Å². The first-order chi connectivity index (χ1) is 15.2. The predicted octanol–water partition coefficient (Wildman–Crippen LogP) is 3.18. The summed E-state index contributed by atoms with van der Waals surface area (Å²) >= 11 is 0. The molecule has 0 amide bonds. The Balaban J connectivity index is 2.18. The van der Waals surface area contributed by atoms with Crippen LogP contribution in [0.15, 0.2) is 35.3 Å². The number of aliphatic hydroxyl groups excluding tert-OH is 1. The van der Waals surface area contributed by atoms with Gasteiger partial charge in [0.2, 0.25) is 11.3 Å². The Labute approximate surface area is 182 Å². The second-order valence-corrected chi connectivity index (χ2v) is 7.58. The summed E-state index contributed by atoms with van der Waals surface area (Å²) in [6.45, 7) is 3.32. The number of aromatic nitrogens is 2. The number of methoxy groups -OCH3 is 1. The molecule has 170 valence electrons. The maximum absolute atomic E-state index is 14.0. The largest absolute Gasteiger partial charge is 0.479 e. The van der Waals surface area contributed by atoms with Crippen molar-refractivity contribution in [1.29, 1.82) is 0 Å². The number of anilines is 1. The van der Waals surface area contributed by atoms with Gasteiger partial charge >= 0.3 is 5.97 Å². The molecule has 3 aromatic rings. The van der Waals surface area contributed by atoms with Gasteiger partial charge in [0, 0.05) is 24.4 Å². The van der Waals surface area contributed by atoms with E-state index in [0.717, 1.165) is 12.1 Å². The Morgan fingerprint density at radius 2 is 2.00 bits per heavy atom. The highest BCUT2D eigenvalue weighted by Gasteiger charge is 2.23. The van der Waals surface area contributed by atoms with E-state index in [1.807, 2.05) is 13.8 Å². The highest BCUT2D eigenvalue weighted by molar-refractivity contribution is 5.93.